The third kappa shape index (κ3) is 8.76. The SMILES string of the molecule is CCOc1cc(/C=C/C(=O)C(=Cc2ccc(OCC)c(OCC)c2)C(=O)/C=C/c2ccc(O)c(OCC)c2)ccc1O. The summed E-state index contributed by atoms with van der Waals surface area (Å²) < 4.78 is 22.2. The van der Waals surface area contributed by atoms with Crippen molar-refractivity contribution in [2.45, 2.75) is 27.7 Å². The molecule has 3 rings (SSSR count). The molecule has 0 saturated carbocycles. The predicted octanol–water partition coefficient (Wildman–Crippen LogP) is 6.64. The van der Waals surface area contributed by atoms with Crippen LogP contribution in [0, 0.1) is 0 Å². The number of ketones is 2. The van der Waals surface area contributed by atoms with Crippen molar-refractivity contribution in [1.29, 1.82) is 0 Å². The van der Waals surface area contributed by atoms with Gasteiger partial charge in [0.25, 0.3) is 0 Å². The third-order valence-corrected chi connectivity index (χ3v) is 5.83. The lowest BCUT2D eigenvalue weighted by molar-refractivity contribution is -0.116. The van der Waals surface area contributed by atoms with Crippen molar-refractivity contribution >= 4 is 29.8 Å². The number of hydrogen-bond donors (Lipinski definition) is 2. The number of benzene rings is 3. The van der Waals surface area contributed by atoms with Crippen LogP contribution in [-0.4, -0.2) is 48.2 Å². The molecule has 0 aliphatic carbocycles. The fraction of sp³-hybridized carbons (Fsp3) is 0.235. The quantitative estimate of drug-likeness (QED) is 0.118. The molecule has 0 unspecified atom stereocenters. The average Bonchev–Trinajstić information content (AvgIpc) is 2.98. The Morgan fingerprint density at radius 3 is 1.45 bits per heavy atom. The lowest BCUT2D eigenvalue weighted by Gasteiger charge is -2.11. The molecule has 42 heavy (non-hydrogen) atoms. The molecule has 0 bridgehead atoms. The first-order valence-electron chi connectivity index (χ1n) is 13.8. The molecule has 0 aliphatic rings. The molecule has 220 valence electrons. The monoisotopic (exact) mass is 572 g/mol. The standard InChI is InChI=1S/C34H36O8/c1-5-39-31-18-13-25(22-34(31)42-8-4)19-26(27(35)14-9-23-11-16-29(37)32(20-23)40-6-2)28(36)15-10-24-12-17-30(38)33(21-24)41-7-3/h9-22,37-38H,5-8H2,1-4H3/b14-9+,15-10+. The summed E-state index contributed by atoms with van der Waals surface area (Å²) in [6.07, 6.45) is 7.19. The summed E-state index contributed by atoms with van der Waals surface area (Å²) in [6, 6.07) is 14.6. The minimum atomic E-state index is -0.525. The molecule has 0 spiro atoms. The van der Waals surface area contributed by atoms with Crippen LogP contribution in [0.15, 0.2) is 72.3 Å². The molecule has 2 N–H and O–H groups in total. The zero-order chi connectivity index (χ0) is 30.5. The van der Waals surface area contributed by atoms with Crippen molar-refractivity contribution in [3.63, 3.8) is 0 Å². The van der Waals surface area contributed by atoms with Gasteiger partial charge in [-0.25, -0.2) is 0 Å². The zero-order valence-electron chi connectivity index (χ0n) is 24.3. The second-order valence-electron chi connectivity index (χ2n) is 8.85. The van der Waals surface area contributed by atoms with Gasteiger partial charge in [-0.15, -0.1) is 0 Å². The average molecular weight is 573 g/mol. The van der Waals surface area contributed by atoms with Crippen molar-refractivity contribution in [3.05, 3.63) is 89.0 Å². The Morgan fingerprint density at radius 2 is 0.976 bits per heavy atom. The Morgan fingerprint density at radius 1 is 0.571 bits per heavy atom. The van der Waals surface area contributed by atoms with E-state index < -0.39 is 11.6 Å². The van der Waals surface area contributed by atoms with Crippen molar-refractivity contribution in [2.24, 2.45) is 0 Å². The number of rotatable bonds is 15. The van der Waals surface area contributed by atoms with Gasteiger partial charge in [0.05, 0.1) is 32.0 Å². The molecule has 0 fully saturated rings. The number of ether oxygens (including phenoxy) is 4. The molecule has 8 heteroatoms. The van der Waals surface area contributed by atoms with Crippen LogP contribution in [0.1, 0.15) is 44.4 Å². The van der Waals surface area contributed by atoms with E-state index in [-0.39, 0.29) is 17.1 Å². The maximum atomic E-state index is 13.4. The van der Waals surface area contributed by atoms with Crippen LogP contribution in [0.5, 0.6) is 34.5 Å². The van der Waals surface area contributed by atoms with Crippen LogP contribution in [0.3, 0.4) is 0 Å². The Balaban J connectivity index is 2.00. The minimum Gasteiger partial charge on any atom is -0.504 e. The Labute approximate surface area is 246 Å². The molecular formula is C34H36O8. The molecule has 0 heterocycles. The van der Waals surface area contributed by atoms with Gasteiger partial charge in [0.15, 0.2) is 46.1 Å². The van der Waals surface area contributed by atoms with Gasteiger partial charge in [0.2, 0.25) is 0 Å². The summed E-state index contributed by atoms with van der Waals surface area (Å²) in [7, 11) is 0. The summed E-state index contributed by atoms with van der Waals surface area (Å²) in [5, 5.41) is 20.0. The fourth-order valence-electron chi connectivity index (χ4n) is 3.92. The first kappa shape index (κ1) is 31.5. The van der Waals surface area contributed by atoms with Gasteiger partial charge in [-0.1, -0.05) is 30.4 Å². The van der Waals surface area contributed by atoms with Gasteiger partial charge in [0, 0.05) is 0 Å². The third-order valence-electron chi connectivity index (χ3n) is 5.83. The maximum Gasteiger partial charge on any atom is 0.189 e. The van der Waals surface area contributed by atoms with Crippen molar-refractivity contribution < 1.29 is 38.7 Å². The van der Waals surface area contributed by atoms with Crippen LogP contribution in [-0.2, 0) is 9.59 Å². The topological polar surface area (TPSA) is 112 Å². The molecule has 0 aromatic heterocycles. The van der Waals surface area contributed by atoms with E-state index >= 15 is 0 Å². The molecular weight excluding hydrogens is 536 g/mol. The lowest BCUT2D eigenvalue weighted by atomic mass is 10.0. The van der Waals surface area contributed by atoms with E-state index in [1.165, 1.54) is 30.4 Å². The van der Waals surface area contributed by atoms with Gasteiger partial charge in [0.1, 0.15) is 0 Å². The van der Waals surface area contributed by atoms with Crippen LogP contribution in [0.25, 0.3) is 18.2 Å². The molecule has 0 saturated heterocycles. The second kappa shape index (κ2) is 15.7. The van der Waals surface area contributed by atoms with Crippen molar-refractivity contribution in [3.8, 4) is 34.5 Å². The highest BCUT2D eigenvalue weighted by molar-refractivity contribution is 6.31. The fourth-order valence-corrected chi connectivity index (χ4v) is 3.92. The van der Waals surface area contributed by atoms with Gasteiger partial charge < -0.3 is 29.2 Å². The van der Waals surface area contributed by atoms with Gasteiger partial charge >= 0.3 is 0 Å². The summed E-state index contributed by atoms with van der Waals surface area (Å²) in [5.74, 6) is 0.572. The van der Waals surface area contributed by atoms with Gasteiger partial charge in [-0.3, -0.25) is 9.59 Å². The molecule has 3 aromatic carbocycles. The number of aromatic hydroxyl groups is 2. The van der Waals surface area contributed by atoms with Crippen molar-refractivity contribution in [2.75, 3.05) is 26.4 Å². The number of phenolic OH excluding ortho intramolecular Hbond substituents is 2. The number of allylic oxidation sites excluding steroid dienone is 3. The number of hydrogen-bond acceptors (Lipinski definition) is 8. The van der Waals surface area contributed by atoms with Gasteiger partial charge in [-0.2, -0.15) is 0 Å². The van der Waals surface area contributed by atoms with E-state index in [4.69, 9.17) is 18.9 Å². The highest BCUT2D eigenvalue weighted by atomic mass is 16.5. The lowest BCUT2D eigenvalue weighted by Crippen LogP contribution is -2.09. The minimum absolute atomic E-state index is 0.0106. The maximum absolute atomic E-state index is 13.4. The molecule has 8 nitrogen and oxygen atoms in total. The van der Waals surface area contributed by atoms with E-state index in [1.807, 2.05) is 13.8 Å². The summed E-state index contributed by atoms with van der Waals surface area (Å²) in [5.41, 5.74) is 1.71. The van der Waals surface area contributed by atoms with Crippen LogP contribution in [0.2, 0.25) is 0 Å². The highest BCUT2D eigenvalue weighted by Crippen LogP contribution is 2.31. The second-order valence-corrected chi connectivity index (χ2v) is 8.85. The summed E-state index contributed by atoms with van der Waals surface area (Å²) in [4.78, 5) is 26.8. The molecule has 3 aromatic rings. The zero-order valence-corrected chi connectivity index (χ0v) is 24.3. The summed E-state index contributed by atoms with van der Waals surface area (Å²) >= 11 is 0. The molecule has 0 atom stereocenters. The number of carbonyl (C=O) groups excluding carboxylic acids is 2. The van der Waals surface area contributed by atoms with Crippen molar-refractivity contribution in [1.82, 2.24) is 0 Å². The number of phenols is 2. The predicted molar refractivity (Wildman–Crippen MR) is 163 cm³/mol. The Hall–Kier alpha value is -4.98. The Kier molecular flexibility index (Phi) is 11.8. The van der Waals surface area contributed by atoms with Crippen LogP contribution in [0.4, 0.5) is 0 Å². The number of carbonyl (C=O) groups is 2. The van der Waals surface area contributed by atoms with E-state index in [2.05, 4.69) is 0 Å². The van der Waals surface area contributed by atoms with E-state index in [0.29, 0.717) is 66.1 Å². The first-order valence-corrected chi connectivity index (χ1v) is 13.8. The van der Waals surface area contributed by atoms with E-state index in [9.17, 15) is 19.8 Å². The van der Waals surface area contributed by atoms with Crippen LogP contribution >= 0.6 is 0 Å². The smallest absolute Gasteiger partial charge is 0.189 e. The Bertz CT molecular complexity index is 1400. The first-order chi connectivity index (χ1) is 20.3. The normalized spacial score (nSPS) is 11.0. The highest BCUT2D eigenvalue weighted by Gasteiger charge is 2.16. The van der Waals surface area contributed by atoms with Gasteiger partial charge in [-0.05, 0) is 99.0 Å². The van der Waals surface area contributed by atoms with E-state index in [1.54, 1.807) is 68.5 Å². The largest absolute Gasteiger partial charge is 0.504 e. The molecule has 0 radical (unpaired) electrons. The molecule has 0 amide bonds. The summed E-state index contributed by atoms with van der Waals surface area (Å²) in [6.45, 7) is 8.93. The molecule has 0 aliphatic heterocycles. The van der Waals surface area contributed by atoms with Crippen LogP contribution < -0.4 is 18.9 Å². The van der Waals surface area contributed by atoms with E-state index in [0.717, 1.165) is 0 Å².